The lowest BCUT2D eigenvalue weighted by Gasteiger charge is -2.14. The Bertz CT molecular complexity index is 905. The number of hydrogen-bond acceptors (Lipinski definition) is 0. The van der Waals surface area contributed by atoms with Crippen LogP contribution in [0.1, 0.15) is 42.0 Å². The zero-order valence-corrected chi connectivity index (χ0v) is 16.2. The third-order valence-corrected chi connectivity index (χ3v) is 5.07. The Balaban J connectivity index is 2.23. The van der Waals surface area contributed by atoms with Crippen LogP contribution in [0, 0.1) is 20.8 Å². The number of hydrogen-bond donors (Lipinski definition) is 0. The number of aromatic nitrogens is 1. The fourth-order valence-electron chi connectivity index (χ4n) is 3.74. The average Bonchev–Trinajstić information content (AvgIpc) is 2.56. The molecule has 25 heavy (non-hydrogen) atoms. The van der Waals surface area contributed by atoms with Crippen LogP contribution < -0.4 is 4.57 Å². The predicted molar refractivity (Wildman–Crippen MR) is 107 cm³/mol. The molecule has 0 aliphatic rings. The second-order valence-corrected chi connectivity index (χ2v) is 7.41. The van der Waals surface area contributed by atoms with Gasteiger partial charge in [0, 0.05) is 17.2 Å². The topological polar surface area (TPSA) is 3.88 Å². The van der Waals surface area contributed by atoms with Crippen LogP contribution in [0.3, 0.4) is 0 Å². The first-order valence-electron chi connectivity index (χ1n) is 9.05. The molecule has 1 heterocycles. The van der Waals surface area contributed by atoms with E-state index in [1.807, 2.05) is 0 Å². The second-order valence-electron chi connectivity index (χ2n) is 7.41. The molecule has 0 aliphatic carbocycles. The Morgan fingerprint density at radius 1 is 0.760 bits per heavy atom. The Hall–Kier alpha value is -2.41. The summed E-state index contributed by atoms with van der Waals surface area (Å²) < 4.78 is 2.26. The molecule has 0 saturated carbocycles. The normalized spacial score (nSPS) is 11.2. The van der Waals surface area contributed by atoms with Gasteiger partial charge in [0.25, 0.3) is 0 Å². The van der Waals surface area contributed by atoms with E-state index in [1.165, 1.54) is 44.6 Å². The van der Waals surface area contributed by atoms with Crippen molar-refractivity contribution in [2.75, 3.05) is 0 Å². The largest absolute Gasteiger partial charge is 0.212 e. The number of rotatable bonds is 3. The summed E-state index contributed by atoms with van der Waals surface area (Å²) in [5.74, 6) is 0.527. The molecule has 0 saturated heterocycles. The van der Waals surface area contributed by atoms with E-state index in [1.54, 1.807) is 0 Å². The molecule has 1 nitrogen and oxygen atoms in total. The molecule has 0 N–H and O–H groups in total. The van der Waals surface area contributed by atoms with Crippen molar-refractivity contribution < 1.29 is 4.57 Å². The van der Waals surface area contributed by atoms with E-state index < -0.39 is 0 Å². The van der Waals surface area contributed by atoms with Crippen LogP contribution >= 0.6 is 0 Å². The van der Waals surface area contributed by atoms with Crippen molar-refractivity contribution in [1.29, 1.82) is 0 Å². The van der Waals surface area contributed by atoms with E-state index in [4.69, 9.17) is 0 Å². The van der Waals surface area contributed by atoms with Crippen molar-refractivity contribution in [2.24, 2.45) is 7.05 Å². The minimum Gasteiger partial charge on any atom is -0.201 e. The molecule has 0 unspecified atom stereocenters. The van der Waals surface area contributed by atoms with Crippen molar-refractivity contribution >= 4 is 0 Å². The van der Waals surface area contributed by atoms with Crippen LogP contribution in [0.2, 0.25) is 0 Å². The van der Waals surface area contributed by atoms with Gasteiger partial charge in [-0.3, -0.25) is 0 Å². The van der Waals surface area contributed by atoms with Gasteiger partial charge in [-0.15, -0.1) is 0 Å². The van der Waals surface area contributed by atoms with Crippen LogP contribution in [0.15, 0.2) is 54.7 Å². The fraction of sp³-hybridized carbons (Fsp3) is 0.292. The van der Waals surface area contributed by atoms with Gasteiger partial charge >= 0.3 is 0 Å². The Kier molecular flexibility index (Phi) is 4.76. The van der Waals surface area contributed by atoms with Crippen LogP contribution in [0.4, 0.5) is 0 Å². The molecule has 0 aliphatic heterocycles. The maximum absolute atomic E-state index is 2.37. The fourth-order valence-corrected chi connectivity index (χ4v) is 3.74. The smallest absolute Gasteiger partial charge is 0.201 e. The Labute approximate surface area is 152 Å². The molecule has 3 rings (SSSR count). The minimum atomic E-state index is 0.527. The highest BCUT2D eigenvalue weighted by Gasteiger charge is 2.18. The number of nitrogens with zero attached hydrogens (tertiary/aromatic N) is 1. The zero-order valence-electron chi connectivity index (χ0n) is 16.2. The third kappa shape index (κ3) is 3.37. The summed E-state index contributed by atoms with van der Waals surface area (Å²) in [6, 6.07) is 17.7. The van der Waals surface area contributed by atoms with Gasteiger partial charge in [0.15, 0.2) is 6.20 Å². The van der Waals surface area contributed by atoms with Crippen molar-refractivity contribution in [2.45, 2.75) is 40.5 Å². The quantitative estimate of drug-likeness (QED) is 0.527. The van der Waals surface area contributed by atoms with Crippen LogP contribution in [0.5, 0.6) is 0 Å². The van der Waals surface area contributed by atoms with E-state index in [9.17, 15) is 0 Å². The highest BCUT2D eigenvalue weighted by molar-refractivity contribution is 5.75. The molecule has 0 bridgehead atoms. The van der Waals surface area contributed by atoms with Crippen LogP contribution in [-0.2, 0) is 7.05 Å². The lowest BCUT2D eigenvalue weighted by Crippen LogP contribution is -2.32. The van der Waals surface area contributed by atoms with Gasteiger partial charge in [0.2, 0.25) is 5.69 Å². The first-order valence-corrected chi connectivity index (χ1v) is 9.05. The van der Waals surface area contributed by atoms with Crippen molar-refractivity contribution in [3.8, 4) is 22.4 Å². The number of aryl methyl sites for hydroxylation is 4. The van der Waals surface area contributed by atoms with E-state index in [-0.39, 0.29) is 0 Å². The highest BCUT2D eigenvalue weighted by atomic mass is 14.9. The van der Waals surface area contributed by atoms with Gasteiger partial charge in [-0.2, -0.15) is 0 Å². The van der Waals surface area contributed by atoms with E-state index >= 15 is 0 Å². The first-order chi connectivity index (χ1) is 11.9. The zero-order chi connectivity index (χ0) is 18.1. The van der Waals surface area contributed by atoms with Gasteiger partial charge in [0.1, 0.15) is 7.05 Å². The monoisotopic (exact) mass is 330 g/mol. The van der Waals surface area contributed by atoms with E-state index in [0.29, 0.717) is 5.92 Å². The van der Waals surface area contributed by atoms with Crippen molar-refractivity contribution in [1.82, 2.24) is 0 Å². The third-order valence-electron chi connectivity index (χ3n) is 5.07. The molecule has 2 aromatic carbocycles. The molecule has 0 fully saturated rings. The molecule has 0 atom stereocenters. The standard InChI is InChI=1S/C24H28N/c1-16(2)21-14-24(25(6)15-19(21)5)23-13-22(17(3)12-18(23)4)20-10-8-7-9-11-20/h7-16H,1-6H3/q+1. The number of pyridine rings is 1. The molecule has 0 amide bonds. The molecule has 0 spiro atoms. The minimum absolute atomic E-state index is 0.527. The predicted octanol–water partition coefficient (Wildman–Crippen LogP) is 5.89. The maximum atomic E-state index is 2.37. The summed E-state index contributed by atoms with van der Waals surface area (Å²) in [6.45, 7) is 11.2. The molecule has 1 aromatic heterocycles. The molecular formula is C24H28N+. The first kappa shape index (κ1) is 17.4. The maximum Gasteiger partial charge on any atom is 0.212 e. The molecule has 128 valence electrons. The van der Waals surface area contributed by atoms with Gasteiger partial charge in [0.05, 0.1) is 0 Å². The van der Waals surface area contributed by atoms with Gasteiger partial charge in [-0.1, -0.05) is 50.2 Å². The lowest BCUT2D eigenvalue weighted by atomic mass is 9.91. The highest BCUT2D eigenvalue weighted by Crippen LogP contribution is 2.32. The SMILES string of the molecule is Cc1cc(C)c(-c2cc(C(C)C)c(C)c[n+]2C)cc1-c1ccccc1. The number of benzene rings is 2. The second kappa shape index (κ2) is 6.84. The average molecular weight is 330 g/mol. The summed E-state index contributed by atoms with van der Waals surface area (Å²) in [5, 5.41) is 0. The molecule has 0 radical (unpaired) electrons. The van der Waals surface area contributed by atoms with Crippen LogP contribution in [-0.4, -0.2) is 0 Å². The van der Waals surface area contributed by atoms with Gasteiger partial charge in [-0.25, -0.2) is 4.57 Å². The Morgan fingerprint density at radius 2 is 1.40 bits per heavy atom. The summed E-state index contributed by atoms with van der Waals surface area (Å²) in [6.07, 6.45) is 2.26. The summed E-state index contributed by atoms with van der Waals surface area (Å²) in [5.41, 5.74) is 10.6. The Morgan fingerprint density at radius 3 is 2.04 bits per heavy atom. The van der Waals surface area contributed by atoms with Crippen molar-refractivity contribution in [3.63, 3.8) is 0 Å². The van der Waals surface area contributed by atoms with E-state index in [0.717, 1.165) is 0 Å². The lowest BCUT2D eigenvalue weighted by molar-refractivity contribution is -0.660. The van der Waals surface area contributed by atoms with Crippen LogP contribution in [0.25, 0.3) is 22.4 Å². The summed E-state index contributed by atoms with van der Waals surface area (Å²) in [7, 11) is 2.15. The van der Waals surface area contributed by atoms with Gasteiger partial charge in [-0.05, 0) is 60.6 Å². The summed E-state index contributed by atoms with van der Waals surface area (Å²) in [4.78, 5) is 0. The van der Waals surface area contributed by atoms with Gasteiger partial charge < -0.3 is 0 Å². The van der Waals surface area contributed by atoms with Crippen molar-refractivity contribution in [3.05, 3.63) is 77.0 Å². The molecular weight excluding hydrogens is 302 g/mol. The molecule has 3 aromatic rings. The van der Waals surface area contributed by atoms with E-state index in [2.05, 4.69) is 101 Å². The summed E-state index contributed by atoms with van der Waals surface area (Å²) >= 11 is 0. The molecule has 1 heteroatoms.